The van der Waals surface area contributed by atoms with Gasteiger partial charge in [0.05, 0.1) is 6.42 Å². The van der Waals surface area contributed by atoms with Crippen molar-refractivity contribution >= 4 is 23.9 Å². The van der Waals surface area contributed by atoms with Gasteiger partial charge in [0.2, 0.25) is 0 Å². The molecule has 0 aromatic heterocycles. The molecular weight excluding hydrogens is 302 g/mol. The lowest BCUT2D eigenvalue weighted by Gasteiger charge is -2.18. The van der Waals surface area contributed by atoms with Crippen molar-refractivity contribution in [2.75, 3.05) is 13.1 Å². The van der Waals surface area contributed by atoms with Crippen LogP contribution in [0.1, 0.15) is 12.8 Å². The van der Waals surface area contributed by atoms with Gasteiger partial charge in [-0.25, -0.2) is 0 Å². The molecule has 0 saturated heterocycles. The summed E-state index contributed by atoms with van der Waals surface area (Å²) in [4.78, 5) is 42.8. The molecule has 0 saturated carbocycles. The standard InChI is InChI=1S/C11H19N3O8/c12-5(9(17)18)4-14-6(10(19)20)1-2-13-7(11(21)22)3-8(15)16/h5-7,13-14H,1-4,12H2,(H,15,16)(H,17,18)(H,19,20)(H,21,22)/t5-,6-,7-/m0/s1. The monoisotopic (exact) mass is 321 g/mol. The lowest BCUT2D eigenvalue weighted by Crippen LogP contribution is -2.48. The van der Waals surface area contributed by atoms with Crippen LogP contribution in [-0.2, 0) is 19.2 Å². The van der Waals surface area contributed by atoms with Gasteiger partial charge in [-0.05, 0) is 13.0 Å². The van der Waals surface area contributed by atoms with E-state index in [4.69, 9.17) is 26.2 Å². The van der Waals surface area contributed by atoms with E-state index in [2.05, 4.69) is 10.6 Å². The number of hydrogen-bond acceptors (Lipinski definition) is 7. The number of rotatable bonds is 12. The van der Waals surface area contributed by atoms with Crippen LogP contribution in [0.5, 0.6) is 0 Å². The molecule has 0 aliphatic rings. The summed E-state index contributed by atoms with van der Waals surface area (Å²) in [6, 6.07) is -3.75. The second-order valence-corrected chi connectivity index (χ2v) is 4.48. The first-order chi connectivity index (χ1) is 10.1. The molecule has 0 fully saturated rings. The Hall–Kier alpha value is -2.24. The highest BCUT2D eigenvalue weighted by Gasteiger charge is 2.23. The summed E-state index contributed by atoms with van der Waals surface area (Å²) in [5.74, 6) is -5.22. The fraction of sp³-hybridized carbons (Fsp3) is 0.636. The van der Waals surface area contributed by atoms with Crippen LogP contribution in [0, 0.1) is 0 Å². The van der Waals surface area contributed by atoms with Crippen LogP contribution in [0.3, 0.4) is 0 Å². The van der Waals surface area contributed by atoms with E-state index < -0.39 is 48.4 Å². The van der Waals surface area contributed by atoms with Crippen molar-refractivity contribution in [3.8, 4) is 0 Å². The fourth-order valence-corrected chi connectivity index (χ4v) is 1.49. The zero-order valence-corrected chi connectivity index (χ0v) is 11.6. The van der Waals surface area contributed by atoms with Crippen LogP contribution in [0.15, 0.2) is 0 Å². The molecule has 126 valence electrons. The molecule has 0 aliphatic heterocycles. The topological polar surface area (TPSA) is 199 Å². The second kappa shape index (κ2) is 9.65. The van der Waals surface area contributed by atoms with Gasteiger partial charge in [0.1, 0.15) is 18.1 Å². The van der Waals surface area contributed by atoms with E-state index in [0.717, 1.165) is 0 Å². The first-order valence-corrected chi connectivity index (χ1v) is 6.27. The van der Waals surface area contributed by atoms with Crippen molar-refractivity contribution in [3.05, 3.63) is 0 Å². The van der Waals surface area contributed by atoms with E-state index in [1.807, 2.05) is 0 Å². The Morgan fingerprint density at radius 1 is 0.864 bits per heavy atom. The summed E-state index contributed by atoms with van der Waals surface area (Å²) in [6.07, 6.45) is -0.727. The van der Waals surface area contributed by atoms with Gasteiger partial charge >= 0.3 is 23.9 Å². The molecule has 11 nitrogen and oxygen atoms in total. The summed E-state index contributed by atoms with van der Waals surface area (Å²) >= 11 is 0. The molecule has 0 aromatic carbocycles. The van der Waals surface area contributed by atoms with E-state index in [-0.39, 0.29) is 19.5 Å². The van der Waals surface area contributed by atoms with Gasteiger partial charge < -0.3 is 36.8 Å². The largest absolute Gasteiger partial charge is 0.481 e. The Kier molecular flexibility index (Phi) is 8.67. The molecule has 0 spiro atoms. The van der Waals surface area contributed by atoms with Crippen molar-refractivity contribution in [3.63, 3.8) is 0 Å². The molecule has 0 bridgehead atoms. The highest BCUT2D eigenvalue weighted by Crippen LogP contribution is 1.96. The van der Waals surface area contributed by atoms with Crippen LogP contribution >= 0.6 is 0 Å². The number of carboxylic acid groups (broad SMARTS) is 4. The van der Waals surface area contributed by atoms with Crippen molar-refractivity contribution in [1.82, 2.24) is 10.6 Å². The average Bonchev–Trinajstić information content (AvgIpc) is 2.39. The predicted octanol–water partition coefficient (Wildman–Crippen LogP) is -2.65. The molecule has 11 heteroatoms. The van der Waals surface area contributed by atoms with Gasteiger partial charge in [0, 0.05) is 6.54 Å². The molecule has 0 aromatic rings. The third kappa shape index (κ3) is 8.14. The maximum absolute atomic E-state index is 11.0. The van der Waals surface area contributed by atoms with Crippen molar-refractivity contribution in [2.24, 2.45) is 5.73 Å². The first kappa shape index (κ1) is 19.8. The minimum Gasteiger partial charge on any atom is -0.481 e. The first-order valence-electron chi connectivity index (χ1n) is 6.27. The molecule has 0 rings (SSSR count). The third-order valence-electron chi connectivity index (χ3n) is 2.70. The van der Waals surface area contributed by atoms with Crippen molar-refractivity contribution < 1.29 is 39.6 Å². The fourth-order valence-electron chi connectivity index (χ4n) is 1.49. The van der Waals surface area contributed by atoms with Crippen LogP contribution < -0.4 is 16.4 Å². The number of carboxylic acids is 4. The normalized spacial score (nSPS) is 14.8. The van der Waals surface area contributed by atoms with Gasteiger partial charge in [-0.1, -0.05) is 0 Å². The van der Waals surface area contributed by atoms with Gasteiger partial charge in [0.15, 0.2) is 0 Å². The van der Waals surface area contributed by atoms with Crippen LogP contribution in [0.2, 0.25) is 0 Å². The van der Waals surface area contributed by atoms with E-state index in [9.17, 15) is 19.2 Å². The number of carbonyl (C=O) groups is 4. The zero-order valence-electron chi connectivity index (χ0n) is 11.6. The Balaban J connectivity index is 4.34. The molecule has 22 heavy (non-hydrogen) atoms. The predicted molar refractivity (Wildman–Crippen MR) is 71.3 cm³/mol. The highest BCUT2D eigenvalue weighted by molar-refractivity contribution is 5.80. The summed E-state index contributed by atoms with van der Waals surface area (Å²) in [6.45, 7) is -0.361. The second-order valence-electron chi connectivity index (χ2n) is 4.48. The lowest BCUT2D eigenvalue weighted by atomic mass is 10.1. The maximum atomic E-state index is 11.0. The Bertz CT molecular complexity index is 428. The zero-order chi connectivity index (χ0) is 17.3. The Morgan fingerprint density at radius 3 is 1.82 bits per heavy atom. The quantitative estimate of drug-likeness (QED) is 0.198. The summed E-state index contributed by atoms with van der Waals surface area (Å²) in [5.41, 5.74) is 5.22. The van der Waals surface area contributed by atoms with Crippen molar-refractivity contribution in [1.29, 1.82) is 0 Å². The van der Waals surface area contributed by atoms with Gasteiger partial charge in [-0.15, -0.1) is 0 Å². The summed E-state index contributed by atoms with van der Waals surface area (Å²) in [7, 11) is 0. The number of hydrogen-bond donors (Lipinski definition) is 7. The van der Waals surface area contributed by atoms with Crippen LogP contribution in [0.25, 0.3) is 0 Å². The molecule has 0 aliphatic carbocycles. The molecule has 8 N–H and O–H groups in total. The molecule has 0 amide bonds. The van der Waals surface area contributed by atoms with E-state index in [1.165, 1.54) is 0 Å². The molecule has 0 heterocycles. The third-order valence-corrected chi connectivity index (χ3v) is 2.70. The Labute approximate surface area is 125 Å². The maximum Gasteiger partial charge on any atom is 0.321 e. The Morgan fingerprint density at radius 2 is 1.41 bits per heavy atom. The van der Waals surface area contributed by atoms with E-state index in [1.54, 1.807) is 0 Å². The minimum atomic E-state index is -1.37. The van der Waals surface area contributed by atoms with Gasteiger partial charge in [0.25, 0.3) is 0 Å². The molecular formula is C11H19N3O8. The van der Waals surface area contributed by atoms with Crippen LogP contribution in [-0.4, -0.2) is 75.5 Å². The molecule has 0 unspecified atom stereocenters. The summed E-state index contributed by atoms with van der Waals surface area (Å²) in [5, 5.41) is 39.7. The minimum absolute atomic E-state index is 0.0783. The van der Waals surface area contributed by atoms with E-state index >= 15 is 0 Å². The highest BCUT2D eigenvalue weighted by atomic mass is 16.4. The smallest absolute Gasteiger partial charge is 0.321 e. The van der Waals surface area contributed by atoms with Gasteiger partial charge in [-0.2, -0.15) is 0 Å². The SMILES string of the molecule is N[C@@H](CN[C@@H](CCN[C@@H](CC(=O)O)C(=O)O)C(=O)O)C(=O)O. The molecule has 0 radical (unpaired) electrons. The average molecular weight is 321 g/mol. The molecule has 3 atom stereocenters. The number of nitrogens with one attached hydrogen (secondary N) is 2. The van der Waals surface area contributed by atoms with Crippen LogP contribution in [0.4, 0.5) is 0 Å². The number of nitrogens with two attached hydrogens (primary N) is 1. The lowest BCUT2D eigenvalue weighted by molar-refractivity contribution is -0.146. The van der Waals surface area contributed by atoms with E-state index in [0.29, 0.717) is 0 Å². The summed E-state index contributed by atoms with van der Waals surface area (Å²) < 4.78 is 0. The van der Waals surface area contributed by atoms with Gasteiger partial charge in [-0.3, -0.25) is 19.2 Å². The number of aliphatic carboxylic acids is 4. The van der Waals surface area contributed by atoms with Crippen molar-refractivity contribution in [2.45, 2.75) is 31.0 Å².